The number of alkyl carbamates (subject to hydrolysis) is 1. The van der Waals surface area contributed by atoms with Gasteiger partial charge in [0.25, 0.3) is 5.78 Å². The zero-order valence-electron chi connectivity index (χ0n) is 19.3. The largest absolute Gasteiger partial charge is 0.445 e. The normalized spacial score (nSPS) is 12.1. The van der Waals surface area contributed by atoms with Crippen LogP contribution in [0.3, 0.4) is 0 Å². The van der Waals surface area contributed by atoms with Crippen LogP contribution in [0.4, 0.5) is 4.79 Å². The van der Waals surface area contributed by atoms with E-state index in [0.29, 0.717) is 5.69 Å². The van der Waals surface area contributed by atoms with Crippen molar-refractivity contribution in [1.82, 2.24) is 10.3 Å². The molecule has 2 aromatic carbocycles. The van der Waals surface area contributed by atoms with Crippen LogP contribution in [0.5, 0.6) is 0 Å². The Morgan fingerprint density at radius 2 is 1.54 bits per heavy atom. The number of benzene rings is 2. The Labute approximate surface area is 203 Å². The lowest BCUT2D eigenvalue weighted by Gasteiger charge is -2.17. The molecule has 8 heteroatoms. The molecule has 0 spiro atoms. The fourth-order valence-corrected chi connectivity index (χ4v) is 3.42. The molecule has 0 bridgehead atoms. The maximum atomic E-state index is 12.6. The number of ketones is 1. The summed E-state index contributed by atoms with van der Waals surface area (Å²) in [6.45, 7) is 1.62. The Bertz CT molecular complexity index is 1100. The van der Waals surface area contributed by atoms with Crippen molar-refractivity contribution in [2.45, 2.75) is 38.3 Å². The highest BCUT2D eigenvalue weighted by atomic mass is 16.6. The average Bonchev–Trinajstić information content (AvgIpc) is 2.90. The Morgan fingerprint density at radius 3 is 2.17 bits per heavy atom. The number of carbonyl (C=O) groups excluding carboxylic acids is 4. The summed E-state index contributed by atoms with van der Waals surface area (Å²) in [6, 6.07) is 22.4. The summed E-state index contributed by atoms with van der Waals surface area (Å²) in [7, 11) is 0. The van der Waals surface area contributed by atoms with Gasteiger partial charge in [0, 0.05) is 17.8 Å². The van der Waals surface area contributed by atoms with Gasteiger partial charge in [0.05, 0.1) is 6.42 Å². The lowest BCUT2D eigenvalue weighted by molar-refractivity contribution is -0.164. The van der Waals surface area contributed by atoms with Gasteiger partial charge in [-0.15, -0.1) is 0 Å². The molecule has 2 unspecified atom stereocenters. The van der Waals surface area contributed by atoms with Crippen LogP contribution in [0.15, 0.2) is 85.1 Å². The molecule has 0 radical (unpaired) electrons. The number of aromatic nitrogens is 1. The number of hydrogen-bond acceptors (Lipinski definition) is 7. The molecule has 0 aliphatic carbocycles. The maximum absolute atomic E-state index is 12.6. The third kappa shape index (κ3) is 7.60. The number of Topliss-reactive ketones (excluding diaryl/α,β-unsaturated/α-hetero) is 1. The van der Waals surface area contributed by atoms with Crippen LogP contribution in [-0.2, 0) is 30.5 Å². The second-order valence-corrected chi connectivity index (χ2v) is 7.71. The van der Waals surface area contributed by atoms with Crippen molar-refractivity contribution in [2.24, 2.45) is 0 Å². The van der Waals surface area contributed by atoms with Crippen LogP contribution in [0.2, 0.25) is 0 Å². The summed E-state index contributed by atoms with van der Waals surface area (Å²) in [4.78, 5) is 53.9. The topological polar surface area (TPSA) is 112 Å². The summed E-state index contributed by atoms with van der Waals surface area (Å²) in [6.07, 6.45) is 0.680. The van der Waals surface area contributed by atoms with Crippen LogP contribution in [-0.4, -0.2) is 34.8 Å². The molecular weight excluding hydrogens is 448 g/mol. The summed E-state index contributed by atoms with van der Waals surface area (Å²) in [5.41, 5.74) is 2.22. The highest BCUT2D eigenvalue weighted by Crippen LogP contribution is 2.26. The van der Waals surface area contributed by atoms with Crippen LogP contribution in [0.1, 0.15) is 42.5 Å². The highest BCUT2D eigenvalue weighted by molar-refractivity contribution is 6.37. The number of hydrogen-bond donors (Lipinski definition) is 1. The van der Waals surface area contributed by atoms with Crippen LogP contribution >= 0.6 is 0 Å². The number of pyridine rings is 1. The molecule has 1 N–H and O–H groups in total. The van der Waals surface area contributed by atoms with Crippen LogP contribution < -0.4 is 5.32 Å². The fourth-order valence-electron chi connectivity index (χ4n) is 3.42. The first-order valence-electron chi connectivity index (χ1n) is 11.2. The zero-order valence-corrected chi connectivity index (χ0v) is 19.3. The first-order chi connectivity index (χ1) is 17.0. The fraction of sp³-hybridized carbons (Fsp3) is 0.222. The SMILES string of the molecule is CCC(NC(=O)OCc1ccccc1)C(=O)C(=O)OC(=O)CC(c1ccccc1)c1ccccn1. The van der Waals surface area contributed by atoms with E-state index in [1.165, 1.54) is 0 Å². The van der Waals surface area contributed by atoms with E-state index in [4.69, 9.17) is 9.47 Å². The molecule has 1 aromatic heterocycles. The molecule has 0 saturated heterocycles. The van der Waals surface area contributed by atoms with Crippen LogP contribution in [0.25, 0.3) is 0 Å². The van der Waals surface area contributed by atoms with Crippen molar-refractivity contribution in [3.8, 4) is 0 Å². The van der Waals surface area contributed by atoms with E-state index >= 15 is 0 Å². The Hall–Kier alpha value is -4.33. The Kier molecular flexibility index (Phi) is 9.24. The van der Waals surface area contributed by atoms with Gasteiger partial charge < -0.3 is 14.8 Å². The quantitative estimate of drug-likeness (QED) is 0.269. The summed E-state index contributed by atoms with van der Waals surface area (Å²) in [5, 5.41) is 2.35. The third-order valence-corrected chi connectivity index (χ3v) is 5.25. The number of nitrogens with zero attached hydrogens (tertiary/aromatic N) is 1. The molecule has 1 amide bonds. The molecule has 2 atom stereocenters. The molecule has 35 heavy (non-hydrogen) atoms. The first kappa shape index (κ1) is 25.3. The number of esters is 2. The smallest absolute Gasteiger partial charge is 0.408 e. The van der Waals surface area contributed by atoms with E-state index in [0.717, 1.165) is 11.1 Å². The number of carbonyl (C=O) groups is 4. The Balaban J connectivity index is 1.57. The van der Waals surface area contributed by atoms with Gasteiger partial charge in [-0.05, 0) is 29.7 Å². The van der Waals surface area contributed by atoms with E-state index in [1.54, 1.807) is 55.6 Å². The minimum absolute atomic E-state index is 0.00856. The lowest BCUT2D eigenvalue weighted by Crippen LogP contribution is -2.44. The predicted octanol–water partition coefficient (Wildman–Crippen LogP) is 3.95. The molecule has 0 aliphatic rings. The van der Waals surface area contributed by atoms with Crippen LogP contribution in [0, 0.1) is 0 Å². The number of nitrogens with one attached hydrogen (secondary N) is 1. The van der Waals surface area contributed by atoms with Gasteiger partial charge in [-0.25, -0.2) is 9.59 Å². The number of ether oxygens (including phenoxy) is 2. The van der Waals surface area contributed by atoms with Crippen molar-refractivity contribution < 1.29 is 28.7 Å². The van der Waals surface area contributed by atoms with E-state index in [1.807, 2.05) is 36.4 Å². The molecule has 1 heterocycles. The van der Waals surface area contributed by atoms with Crippen molar-refractivity contribution in [3.63, 3.8) is 0 Å². The summed E-state index contributed by atoms with van der Waals surface area (Å²) >= 11 is 0. The molecule has 0 fully saturated rings. The van der Waals surface area contributed by atoms with Gasteiger partial charge in [0.2, 0.25) is 0 Å². The van der Waals surface area contributed by atoms with Gasteiger partial charge in [0.1, 0.15) is 12.6 Å². The third-order valence-electron chi connectivity index (χ3n) is 5.25. The van der Waals surface area contributed by atoms with E-state index in [2.05, 4.69) is 10.3 Å². The van der Waals surface area contributed by atoms with Crippen molar-refractivity contribution in [2.75, 3.05) is 0 Å². The molecule has 8 nitrogen and oxygen atoms in total. The zero-order chi connectivity index (χ0) is 25.0. The second kappa shape index (κ2) is 12.8. The standard InChI is InChI=1S/C27H26N2O6/c1-2-22(29-27(33)34-18-19-11-5-3-6-12-19)25(31)26(32)35-24(30)17-21(20-13-7-4-8-14-20)23-15-9-10-16-28-23/h3-16,21-22H,2,17-18H2,1H3,(H,29,33). The van der Waals surface area contributed by atoms with Gasteiger partial charge in [-0.3, -0.25) is 14.6 Å². The molecule has 3 rings (SSSR count). The average molecular weight is 475 g/mol. The van der Waals surface area contributed by atoms with Gasteiger partial charge in [-0.1, -0.05) is 73.7 Å². The Morgan fingerprint density at radius 1 is 0.886 bits per heavy atom. The minimum Gasteiger partial charge on any atom is -0.445 e. The monoisotopic (exact) mass is 474 g/mol. The molecule has 0 saturated carbocycles. The molecule has 0 aliphatic heterocycles. The molecule has 3 aromatic rings. The van der Waals surface area contributed by atoms with E-state index in [-0.39, 0.29) is 19.4 Å². The molecular formula is C27H26N2O6. The van der Waals surface area contributed by atoms with Gasteiger partial charge in [-0.2, -0.15) is 0 Å². The number of amides is 1. The van der Waals surface area contributed by atoms with Gasteiger partial charge in [0.15, 0.2) is 0 Å². The summed E-state index contributed by atoms with van der Waals surface area (Å²) in [5.74, 6) is -3.70. The van der Waals surface area contributed by atoms with Crippen molar-refractivity contribution in [1.29, 1.82) is 0 Å². The maximum Gasteiger partial charge on any atom is 0.408 e. The predicted molar refractivity (Wildman–Crippen MR) is 127 cm³/mol. The van der Waals surface area contributed by atoms with Crippen molar-refractivity contribution >= 4 is 23.8 Å². The lowest BCUT2D eigenvalue weighted by atomic mass is 9.92. The minimum atomic E-state index is -1.34. The summed E-state index contributed by atoms with van der Waals surface area (Å²) < 4.78 is 9.93. The highest BCUT2D eigenvalue weighted by Gasteiger charge is 2.30. The van der Waals surface area contributed by atoms with Gasteiger partial charge >= 0.3 is 18.0 Å². The second-order valence-electron chi connectivity index (χ2n) is 7.71. The number of rotatable bonds is 10. The van der Waals surface area contributed by atoms with Crippen molar-refractivity contribution in [3.05, 3.63) is 102 Å². The molecule has 180 valence electrons. The van der Waals surface area contributed by atoms with E-state index < -0.39 is 35.8 Å². The van der Waals surface area contributed by atoms with E-state index in [9.17, 15) is 19.2 Å². The first-order valence-corrected chi connectivity index (χ1v) is 11.2.